The lowest BCUT2D eigenvalue weighted by Gasteiger charge is -2.23. The zero-order chi connectivity index (χ0) is 13.9. The van der Waals surface area contributed by atoms with Crippen molar-refractivity contribution in [2.75, 3.05) is 18.0 Å². The molecule has 0 fully saturated rings. The average Bonchev–Trinajstić information content (AvgIpc) is 2.69. The fourth-order valence-electron chi connectivity index (χ4n) is 2.45. The highest BCUT2D eigenvalue weighted by Crippen LogP contribution is 2.25. The molecule has 0 bridgehead atoms. The molecule has 0 atom stereocenters. The lowest BCUT2D eigenvalue weighted by molar-refractivity contribution is 0.0986. The van der Waals surface area contributed by atoms with Gasteiger partial charge in [-0.15, -0.1) is 0 Å². The molecular formula is C16H15IN2O. The fraction of sp³-hybridized carbons (Fsp3) is 0.188. The third-order valence-electron chi connectivity index (χ3n) is 3.46. The summed E-state index contributed by atoms with van der Waals surface area (Å²) in [4.78, 5) is 14.7. The third-order valence-corrected chi connectivity index (χ3v) is 4.40. The molecule has 0 unspecified atom stereocenters. The van der Waals surface area contributed by atoms with Crippen LogP contribution in [0.4, 0.5) is 5.69 Å². The second kappa shape index (κ2) is 5.93. The molecule has 1 aliphatic rings. The number of fused-ring (bicyclic) bond motifs is 1. The summed E-state index contributed by atoms with van der Waals surface area (Å²) < 4.78 is 0.991. The van der Waals surface area contributed by atoms with Gasteiger partial charge in [0.15, 0.2) is 0 Å². The fourth-order valence-corrected chi connectivity index (χ4v) is 3.07. The van der Waals surface area contributed by atoms with Gasteiger partial charge < -0.3 is 10.2 Å². The molecule has 3 nitrogen and oxygen atoms in total. The number of anilines is 1. The number of halogens is 1. The molecule has 3 rings (SSSR count). The molecule has 0 aliphatic carbocycles. The van der Waals surface area contributed by atoms with E-state index in [0.717, 1.165) is 27.9 Å². The highest BCUT2D eigenvalue weighted by atomic mass is 127. The number of nitrogens with one attached hydrogen (secondary N) is 1. The summed E-state index contributed by atoms with van der Waals surface area (Å²) in [5, 5.41) is 3.36. The first kappa shape index (κ1) is 13.6. The van der Waals surface area contributed by atoms with Crippen LogP contribution in [0, 0.1) is 3.57 Å². The van der Waals surface area contributed by atoms with Gasteiger partial charge in [0.2, 0.25) is 0 Å². The van der Waals surface area contributed by atoms with E-state index in [-0.39, 0.29) is 5.91 Å². The van der Waals surface area contributed by atoms with Gasteiger partial charge in [-0.1, -0.05) is 30.3 Å². The lowest BCUT2D eigenvalue weighted by atomic mass is 10.1. The first-order chi connectivity index (χ1) is 9.77. The van der Waals surface area contributed by atoms with Gasteiger partial charge in [-0.3, -0.25) is 4.79 Å². The number of carbonyl (C=O) groups excluding carboxylic acids is 1. The van der Waals surface area contributed by atoms with Crippen LogP contribution >= 0.6 is 22.6 Å². The van der Waals surface area contributed by atoms with Gasteiger partial charge in [0, 0.05) is 28.9 Å². The second-order valence-corrected chi connectivity index (χ2v) is 5.90. The van der Waals surface area contributed by atoms with E-state index in [4.69, 9.17) is 0 Å². The Labute approximate surface area is 132 Å². The monoisotopic (exact) mass is 378 g/mol. The van der Waals surface area contributed by atoms with Crippen molar-refractivity contribution in [2.24, 2.45) is 0 Å². The van der Waals surface area contributed by atoms with E-state index in [1.807, 2.05) is 47.4 Å². The number of carbonyl (C=O) groups is 1. The smallest absolute Gasteiger partial charge is 0.259 e. The molecule has 1 heterocycles. The van der Waals surface area contributed by atoms with E-state index in [0.29, 0.717) is 6.54 Å². The third kappa shape index (κ3) is 2.58. The minimum Gasteiger partial charge on any atom is -0.311 e. The van der Waals surface area contributed by atoms with Gasteiger partial charge in [-0.05, 0) is 46.4 Å². The Kier molecular flexibility index (Phi) is 4.03. The number of para-hydroxylation sites is 1. The first-order valence-electron chi connectivity index (χ1n) is 6.62. The summed E-state index contributed by atoms with van der Waals surface area (Å²) in [5.41, 5.74) is 2.95. The Bertz CT molecular complexity index is 642. The Morgan fingerprint density at radius 3 is 2.70 bits per heavy atom. The van der Waals surface area contributed by atoms with Crippen LogP contribution < -0.4 is 10.2 Å². The molecule has 2 aromatic carbocycles. The lowest BCUT2D eigenvalue weighted by Crippen LogP contribution is -2.35. The number of hydrogen-bond acceptors (Lipinski definition) is 2. The molecule has 2 aromatic rings. The second-order valence-electron chi connectivity index (χ2n) is 4.74. The van der Waals surface area contributed by atoms with Gasteiger partial charge >= 0.3 is 0 Å². The topological polar surface area (TPSA) is 32.3 Å². The summed E-state index contributed by atoms with van der Waals surface area (Å²) in [7, 11) is 0. The largest absolute Gasteiger partial charge is 0.311 e. The van der Waals surface area contributed by atoms with E-state index in [2.05, 4.69) is 34.0 Å². The van der Waals surface area contributed by atoms with E-state index in [9.17, 15) is 4.79 Å². The quantitative estimate of drug-likeness (QED) is 0.774. The van der Waals surface area contributed by atoms with Gasteiger partial charge in [-0.2, -0.15) is 0 Å². The molecule has 20 heavy (non-hydrogen) atoms. The van der Waals surface area contributed by atoms with Crippen molar-refractivity contribution in [1.29, 1.82) is 0 Å². The molecule has 1 N–H and O–H groups in total. The van der Waals surface area contributed by atoms with Crippen LogP contribution in [0.3, 0.4) is 0 Å². The standard InChI is InChI=1S/C16H15IN2O/c17-14-7-3-2-6-13(14)16(20)19-10-9-18-11-12-5-1-4-8-15(12)19/h1-8,18H,9-11H2. The zero-order valence-corrected chi connectivity index (χ0v) is 13.1. The van der Waals surface area contributed by atoms with E-state index < -0.39 is 0 Å². The summed E-state index contributed by atoms with van der Waals surface area (Å²) in [6.45, 7) is 2.32. The van der Waals surface area contributed by atoms with Crippen molar-refractivity contribution in [3.63, 3.8) is 0 Å². The van der Waals surface area contributed by atoms with Gasteiger partial charge in [0.1, 0.15) is 0 Å². The predicted molar refractivity (Wildman–Crippen MR) is 89.0 cm³/mol. The van der Waals surface area contributed by atoms with Crippen LogP contribution in [0.15, 0.2) is 48.5 Å². The maximum atomic E-state index is 12.8. The van der Waals surface area contributed by atoms with Crippen LogP contribution in [0.5, 0.6) is 0 Å². The minimum absolute atomic E-state index is 0.0751. The average molecular weight is 378 g/mol. The SMILES string of the molecule is O=C(c1ccccc1I)N1CCNCc2ccccc21. The van der Waals surface area contributed by atoms with Gasteiger partial charge in [0.05, 0.1) is 5.56 Å². The number of hydrogen-bond donors (Lipinski definition) is 1. The Morgan fingerprint density at radius 1 is 1.10 bits per heavy atom. The predicted octanol–water partition coefficient (Wildman–Crippen LogP) is 3.04. The van der Waals surface area contributed by atoms with Gasteiger partial charge in [0.25, 0.3) is 5.91 Å². The molecule has 0 aromatic heterocycles. The summed E-state index contributed by atoms with van der Waals surface area (Å²) >= 11 is 2.22. The summed E-state index contributed by atoms with van der Waals surface area (Å²) in [6.07, 6.45) is 0. The number of amides is 1. The highest BCUT2D eigenvalue weighted by molar-refractivity contribution is 14.1. The molecular weight excluding hydrogens is 363 g/mol. The Hall–Kier alpha value is -1.40. The number of nitrogens with zero attached hydrogens (tertiary/aromatic N) is 1. The van der Waals surface area contributed by atoms with Gasteiger partial charge in [-0.25, -0.2) is 0 Å². The van der Waals surface area contributed by atoms with Crippen molar-refractivity contribution in [3.8, 4) is 0 Å². The van der Waals surface area contributed by atoms with E-state index in [1.165, 1.54) is 5.56 Å². The van der Waals surface area contributed by atoms with Crippen molar-refractivity contribution in [2.45, 2.75) is 6.54 Å². The molecule has 4 heteroatoms. The Balaban J connectivity index is 2.02. The van der Waals surface area contributed by atoms with Crippen LogP contribution in [-0.2, 0) is 6.54 Å². The van der Waals surface area contributed by atoms with Crippen molar-refractivity contribution < 1.29 is 4.79 Å². The molecule has 1 aliphatic heterocycles. The van der Waals surface area contributed by atoms with E-state index in [1.54, 1.807) is 0 Å². The minimum atomic E-state index is 0.0751. The molecule has 102 valence electrons. The molecule has 0 radical (unpaired) electrons. The zero-order valence-electron chi connectivity index (χ0n) is 11.0. The number of rotatable bonds is 1. The maximum Gasteiger partial charge on any atom is 0.259 e. The van der Waals surface area contributed by atoms with Crippen LogP contribution in [0.1, 0.15) is 15.9 Å². The van der Waals surface area contributed by atoms with Crippen LogP contribution in [0.2, 0.25) is 0 Å². The molecule has 1 amide bonds. The summed E-state index contributed by atoms with van der Waals surface area (Å²) in [5.74, 6) is 0.0751. The van der Waals surface area contributed by atoms with Crippen molar-refractivity contribution in [3.05, 3.63) is 63.2 Å². The molecule has 0 spiro atoms. The first-order valence-corrected chi connectivity index (χ1v) is 7.70. The van der Waals surface area contributed by atoms with Crippen LogP contribution in [0.25, 0.3) is 0 Å². The number of benzene rings is 2. The molecule has 0 saturated carbocycles. The Morgan fingerprint density at radius 2 is 1.85 bits per heavy atom. The maximum absolute atomic E-state index is 12.8. The van der Waals surface area contributed by atoms with Crippen LogP contribution in [-0.4, -0.2) is 19.0 Å². The highest BCUT2D eigenvalue weighted by Gasteiger charge is 2.22. The summed E-state index contributed by atoms with van der Waals surface area (Å²) in [6, 6.07) is 15.8. The van der Waals surface area contributed by atoms with Crippen molar-refractivity contribution in [1.82, 2.24) is 5.32 Å². The molecule has 0 saturated heterocycles. The van der Waals surface area contributed by atoms with Crippen molar-refractivity contribution >= 4 is 34.2 Å². The normalized spacial score (nSPS) is 14.6. The van der Waals surface area contributed by atoms with E-state index >= 15 is 0 Å².